The molecule has 0 radical (unpaired) electrons. The zero-order chi connectivity index (χ0) is 24.3. The highest BCUT2D eigenvalue weighted by atomic mass is 16.5. The molecule has 1 amide bonds. The van der Waals surface area contributed by atoms with Gasteiger partial charge in [0.25, 0.3) is 0 Å². The Hall–Kier alpha value is -3.94. The average molecular weight is 444 g/mol. The average Bonchev–Trinajstić information content (AvgIpc) is 2.81. The number of primary amides is 1. The van der Waals surface area contributed by atoms with Crippen LogP contribution in [0.5, 0.6) is 23.0 Å². The molecule has 1 atom stereocenters. The van der Waals surface area contributed by atoms with Gasteiger partial charge in [0.15, 0.2) is 11.5 Å². The lowest BCUT2D eigenvalue weighted by atomic mass is 10.0. The number of nitrogen functional groups attached to an aromatic ring is 1. The third-order valence-electron chi connectivity index (χ3n) is 4.22. The van der Waals surface area contributed by atoms with Gasteiger partial charge in [-0.25, -0.2) is 0 Å². The highest BCUT2D eigenvalue weighted by molar-refractivity contribution is 5.91. The minimum atomic E-state index is -0.903. The number of hydrogen-bond acceptors (Lipinski definition) is 9. The minimum Gasteiger partial charge on any atom is -0.495 e. The number of nitrogens with two attached hydrogens (primary N) is 3. The number of anilines is 1. The van der Waals surface area contributed by atoms with Crippen LogP contribution in [-0.4, -0.2) is 52.1 Å². The van der Waals surface area contributed by atoms with Gasteiger partial charge in [0.1, 0.15) is 11.8 Å². The van der Waals surface area contributed by atoms with Gasteiger partial charge in [-0.3, -0.25) is 4.79 Å². The Morgan fingerprint density at radius 2 is 1.62 bits per heavy atom. The van der Waals surface area contributed by atoms with E-state index in [1.165, 1.54) is 21.3 Å². The van der Waals surface area contributed by atoms with E-state index in [4.69, 9.17) is 35.5 Å². The molecule has 0 bridgehead atoms. The van der Waals surface area contributed by atoms with E-state index < -0.39 is 11.9 Å². The monoisotopic (exact) mass is 444 g/mol. The molecule has 32 heavy (non-hydrogen) atoms. The number of rotatable bonds is 8. The van der Waals surface area contributed by atoms with Crippen LogP contribution in [0.15, 0.2) is 30.3 Å². The summed E-state index contributed by atoms with van der Waals surface area (Å²) in [5.74, 6) is 1.34. The van der Waals surface area contributed by atoms with Crippen LogP contribution in [0.2, 0.25) is 0 Å². The number of nitrogens with zero attached hydrogens (tertiary/aromatic N) is 1. The van der Waals surface area contributed by atoms with Gasteiger partial charge >= 0.3 is 0 Å². The zero-order valence-electron chi connectivity index (χ0n) is 18.4. The normalized spacial score (nSPS) is 11.3. The second-order valence-electron chi connectivity index (χ2n) is 6.28. The van der Waals surface area contributed by atoms with Gasteiger partial charge in [-0.1, -0.05) is 6.07 Å². The Bertz CT molecular complexity index is 975. The fraction of sp³-hybridized carbons (Fsp3) is 0.273. The lowest BCUT2D eigenvalue weighted by Gasteiger charge is -2.14. The number of amides is 1. The first kappa shape index (κ1) is 26.1. The quantitative estimate of drug-likeness (QED) is 0.264. The molecule has 10 heteroatoms. The second-order valence-corrected chi connectivity index (χ2v) is 6.28. The topological polar surface area (TPSA) is 176 Å². The number of aliphatic hydroxyl groups is 1. The number of allylic oxidation sites excluding steroid dienone is 1. The van der Waals surface area contributed by atoms with Crippen molar-refractivity contribution in [2.45, 2.75) is 6.04 Å². The van der Waals surface area contributed by atoms with Gasteiger partial charge in [0, 0.05) is 0 Å². The van der Waals surface area contributed by atoms with E-state index in [1.54, 1.807) is 37.5 Å². The molecule has 172 valence electrons. The molecular formula is C22H28N4O6. The summed E-state index contributed by atoms with van der Waals surface area (Å²) in [6.07, 6.45) is 1.73. The van der Waals surface area contributed by atoms with Crippen LogP contribution in [0.4, 0.5) is 5.69 Å². The lowest BCUT2D eigenvalue weighted by Crippen LogP contribution is -2.39. The number of benzene rings is 2. The molecule has 0 fully saturated rings. The molecule has 0 heterocycles. The molecule has 7 N–H and O–H groups in total. The number of carbonyl (C=O) groups is 1. The van der Waals surface area contributed by atoms with E-state index >= 15 is 0 Å². The predicted molar refractivity (Wildman–Crippen MR) is 121 cm³/mol. The van der Waals surface area contributed by atoms with E-state index in [9.17, 15) is 10.1 Å². The van der Waals surface area contributed by atoms with Gasteiger partial charge in [0.05, 0.1) is 52.4 Å². The molecule has 2 aromatic rings. The van der Waals surface area contributed by atoms with Crippen LogP contribution in [-0.2, 0) is 4.79 Å². The molecule has 0 unspecified atom stereocenters. The van der Waals surface area contributed by atoms with Gasteiger partial charge in [0.2, 0.25) is 11.7 Å². The Morgan fingerprint density at radius 1 is 1.06 bits per heavy atom. The van der Waals surface area contributed by atoms with Gasteiger partial charge < -0.3 is 41.3 Å². The van der Waals surface area contributed by atoms with Crippen LogP contribution in [0.3, 0.4) is 0 Å². The number of nitriles is 1. The molecule has 2 aromatic carbocycles. The van der Waals surface area contributed by atoms with Crippen molar-refractivity contribution in [3.63, 3.8) is 0 Å². The van der Waals surface area contributed by atoms with Crippen molar-refractivity contribution in [3.8, 4) is 29.1 Å². The van der Waals surface area contributed by atoms with Crippen LogP contribution >= 0.6 is 0 Å². The fourth-order valence-corrected chi connectivity index (χ4v) is 2.52. The molecule has 10 nitrogen and oxygen atoms in total. The Labute approximate surface area is 186 Å². The second kappa shape index (κ2) is 12.7. The van der Waals surface area contributed by atoms with Crippen LogP contribution in [0.25, 0.3) is 11.6 Å². The highest BCUT2D eigenvalue weighted by Gasteiger charge is 2.15. The van der Waals surface area contributed by atoms with Gasteiger partial charge in [-0.15, -0.1) is 0 Å². The third-order valence-corrected chi connectivity index (χ3v) is 4.22. The highest BCUT2D eigenvalue weighted by Crippen LogP contribution is 2.40. The van der Waals surface area contributed by atoms with Crippen molar-refractivity contribution >= 4 is 23.2 Å². The molecule has 0 aromatic heterocycles. The summed E-state index contributed by atoms with van der Waals surface area (Å²) >= 11 is 0. The first-order valence-corrected chi connectivity index (χ1v) is 9.27. The summed E-state index contributed by atoms with van der Waals surface area (Å²) < 4.78 is 21.1. The van der Waals surface area contributed by atoms with Gasteiger partial charge in [-0.2, -0.15) is 5.26 Å². The molecule has 0 saturated heterocycles. The third kappa shape index (κ3) is 6.80. The Balaban J connectivity index is 0.000000633. The van der Waals surface area contributed by atoms with Crippen molar-refractivity contribution in [2.24, 2.45) is 11.5 Å². The van der Waals surface area contributed by atoms with Crippen molar-refractivity contribution in [1.29, 1.82) is 5.26 Å². The number of carbonyl (C=O) groups excluding carboxylic acids is 1. The summed E-state index contributed by atoms with van der Waals surface area (Å²) in [6.45, 7) is -0.380. The van der Waals surface area contributed by atoms with E-state index in [1.807, 2.05) is 6.07 Å². The smallest absolute Gasteiger partial charge is 0.236 e. The summed E-state index contributed by atoms with van der Waals surface area (Å²) in [5, 5.41) is 17.7. The van der Waals surface area contributed by atoms with Crippen LogP contribution < -0.4 is 36.1 Å². The van der Waals surface area contributed by atoms with Gasteiger partial charge in [-0.05, 0) is 41.5 Å². The Kier molecular flexibility index (Phi) is 10.3. The first-order valence-electron chi connectivity index (χ1n) is 9.27. The van der Waals surface area contributed by atoms with Crippen LogP contribution in [0.1, 0.15) is 11.1 Å². The summed E-state index contributed by atoms with van der Waals surface area (Å²) in [5.41, 5.74) is 17.8. The lowest BCUT2D eigenvalue weighted by molar-refractivity contribution is -0.120. The summed E-state index contributed by atoms with van der Waals surface area (Å²) in [4.78, 5) is 9.87. The summed E-state index contributed by atoms with van der Waals surface area (Å²) in [6, 6.07) is 10.1. The molecule has 0 aliphatic carbocycles. The first-order chi connectivity index (χ1) is 15.3. The molecule has 0 saturated carbocycles. The van der Waals surface area contributed by atoms with Crippen molar-refractivity contribution < 1.29 is 28.8 Å². The van der Waals surface area contributed by atoms with E-state index in [0.29, 0.717) is 39.8 Å². The molecule has 0 spiro atoms. The molecule has 2 rings (SSSR count). The molecular weight excluding hydrogens is 416 g/mol. The fourth-order valence-electron chi connectivity index (χ4n) is 2.52. The number of ether oxygens (including phenoxy) is 4. The van der Waals surface area contributed by atoms with Crippen LogP contribution in [0, 0.1) is 11.3 Å². The minimum absolute atomic E-state index is 0.380. The number of hydrogen-bond donors (Lipinski definition) is 4. The van der Waals surface area contributed by atoms with E-state index in [-0.39, 0.29) is 6.61 Å². The SMILES string of the molecule is COc1ccc(/C=C(/C#N)c2cc(OC)c(OC)c(OC)c2)cc1N.NC(=O)[C@H](N)CO. The molecule has 0 aliphatic heterocycles. The number of aliphatic hydroxyl groups excluding tert-OH is 1. The van der Waals surface area contributed by atoms with Crippen molar-refractivity contribution in [1.82, 2.24) is 0 Å². The van der Waals surface area contributed by atoms with Crippen molar-refractivity contribution in [2.75, 3.05) is 40.8 Å². The standard InChI is InChI=1S/C19H20N2O4.C3H8N2O2/c1-22-16-6-5-12(8-15(16)21)7-14(11-20)13-9-17(23-2)19(25-4)18(10-13)24-3;4-2(1-6)3(5)7/h5-10H,21H2,1-4H3;2,6H,1,4H2,(H2,5,7)/b14-7-;/t;2-/m.1/s1. The predicted octanol–water partition coefficient (Wildman–Crippen LogP) is 1.16. The molecule has 0 aliphatic rings. The summed E-state index contributed by atoms with van der Waals surface area (Å²) in [7, 11) is 6.14. The van der Waals surface area contributed by atoms with Crippen molar-refractivity contribution in [3.05, 3.63) is 41.5 Å². The number of methoxy groups -OCH3 is 4. The van der Waals surface area contributed by atoms with E-state index in [2.05, 4.69) is 11.8 Å². The maximum atomic E-state index is 9.87. The maximum Gasteiger partial charge on any atom is 0.236 e. The Morgan fingerprint density at radius 3 is 1.97 bits per heavy atom. The van der Waals surface area contributed by atoms with E-state index in [0.717, 1.165) is 5.56 Å². The largest absolute Gasteiger partial charge is 0.495 e. The zero-order valence-corrected chi connectivity index (χ0v) is 18.4. The maximum absolute atomic E-state index is 9.87.